The number of carbonyl (C=O) groups is 2. The second-order valence-corrected chi connectivity index (χ2v) is 8.38. The van der Waals surface area contributed by atoms with Crippen LogP contribution in [0, 0.1) is 13.8 Å². The lowest BCUT2D eigenvalue weighted by Crippen LogP contribution is -2.47. The van der Waals surface area contributed by atoms with Crippen LogP contribution in [0.3, 0.4) is 0 Å². The first-order chi connectivity index (χ1) is 15.3. The van der Waals surface area contributed by atoms with Crippen molar-refractivity contribution in [2.24, 2.45) is 7.05 Å². The molecule has 0 spiro atoms. The highest BCUT2D eigenvalue weighted by Crippen LogP contribution is 2.20. The average molecular weight is 436 g/mol. The lowest BCUT2D eigenvalue weighted by atomic mass is 10.1. The third-order valence-corrected chi connectivity index (χ3v) is 5.77. The second kappa shape index (κ2) is 8.96. The average Bonchev–Trinajstić information content (AvgIpc) is 3.31. The van der Waals surface area contributed by atoms with Crippen molar-refractivity contribution in [3.63, 3.8) is 0 Å². The molecule has 0 unspecified atom stereocenters. The van der Waals surface area contributed by atoms with E-state index in [4.69, 9.17) is 0 Å². The number of anilines is 1. The van der Waals surface area contributed by atoms with Crippen molar-refractivity contribution in [3.8, 4) is 5.82 Å². The molecule has 2 amide bonds. The van der Waals surface area contributed by atoms with Gasteiger partial charge in [-0.2, -0.15) is 10.2 Å². The molecule has 4 rings (SSSR count). The topological polar surface area (TPSA) is 88.3 Å². The van der Waals surface area contributed by atoms with Crippen LogP contribution in [0.15, 0.2) is 36.7 Å². The van der Waals surface area contributed by atoms with Gasteiger partial charge in [0.25, 0.3) is 5.91 Å². The van der Waals surface area contributed by atoms with E-state index in [1.54, 1.807) is 22.6 Å². The summed E-state index contributed by atoms with van der Waals surface area (Å²) in [6.07, 6.45) is 3.97. The monoisotopic (exact) mass is 435 g/mol. The zero-order valence-corrected chi connectivity index (χ0v) is 19.0. The number of aryl methyl sites for hydroxylation is 3. The van der Waals surface area contributed by atoms with Gasteiger partial charge in [-0.1, -0.05) is 12.1 Å². The number of carbonyl (C=O) groups excluding carboxylic acids is 2. The van der Waals surface area contributed by atoms with Gasteiger partial charge >= 0.3 is 0 Å². The molecule has 2 aromatic heterocycles. The molecule has 3 heterocycles. The third-order valence-electron chi connectivity index (χ3n) is 5.77. The summed E-state index contributed by atoms with van der Waals surface area (Å²) >= 11 is 0. The summed E-state index contributed by atoms with van der Waals surface area (Å²) in [6.45, 7) is 7.11. The lowest BCUT2D eigenvalue weighted by molar-refractivity contribution is -0.132. The first-order valence-electron chi connectivity index (χ1n) is 10.7. The van der Waals surface area contributed by atoms with E-state index in [2.05, 4.69) is 27.5 Å². The smallest absolute Gasteiger partial charge is 0.261 e. The fourth-order valence-corrected chi connectivity index (χ4v) is 3.95. The number of piperazine rings is 1. The van der Waals surface area contributed by atoms with Gasteiger partial charge < -0.3 is 15.1 Å². The molecule has 9 nitrogen and oxygen atoms in total. The van der Waals surface area contributed by atoms with E-state index < -0.39 is 0 Å². The predicted molar refractivity (Wildman–Crippen MR) is 122 cm³/mol. The Morgan fingerprint density at radius 3 is 2.34 bits per heavy atom. The molecule has 1 aliphatic heterocycles. The van der Waals surface area contributed by atoms with Gasteiger partial charge in [-0.3, -0.25) is 9.59 Å². The highest BCUT2D eigenvalue weighted by Gasteiger charge is 2.23. The van der Waals surface area contributed by atoms with E-state index in [1.165, 1.54) is 0 Å². The van der Waals surface area contributed by atoms with Gasteiger partial charge in [-0.05, 0) is 44.2 Å². The Labute approximate surface area is 187 Å². The summed E-state index contributed by atoms with van der Waals surface area (Å²) in [5.74, 6) is 0.502. The normalized spacial score (nSPS) is 14.6. The molecule has 168 valence electrons. The highest BCUT2D eigenvalue weighted by molar-refractivity contribution is 6.07. The highest BCUT2D eigenvalue weighted by atomic mass is 16.2. The summed E-state index contributed by atoms with van der Waals surface area (Å²) < 4.78 is 3.32. The molecule has 9 heteroatoms. The Kier molecular flexibility index (Phi) is 6.09. The van der Waals surface area contributed by atoms with Crippen molar-refractivity contribution in [3.05, 3.63) is 59.0 Å². The van der Waals surface area contributed by atoms with Crippen LogP contribution < -0.4 is 5.32 Å². The van der Waals surface area contributed by atoms with Crippen LogP contribution in [0.25, 0.3) is 5.82 Å². The summed E-state index contributed by atoms with van der Waals surface area (Å²) in [5.41, 5.74) is 3.69. The number of hydrogen-bond donors (Lipinski definition) is 1. The fraction of sp³-hybridized carbons (Fsp3) is 0.391. The Hall–Kier alpha value is -3.46. The molecule has 0 aliphatic carbocycles. The Morgan fingerprint density at radius 1 is 1.03 bits per heavy atom. The van der Waals surface area contributed by atoms with E-state index in [9.17, 15) is 9.59 Å². The molecule has 0 saturated carbocycles. The van der Waals surface area contributed by atoms with Crippen molar-refractivity contribution in [2.75, 3.05) is 38.5 Å². The molecule has 32 heavy (non-hydrogen) atoms. The predicted octanol–water partition coefficient (Wildman–Crippen LogP) is 1.79. The molecule has 1 saturated heterocycles. The minimum Gasteiger partial charge on any atom is -0.340 e. The van der Waals surface area contributed by atoms with Crippen molar-refractivity contribution in [2.45, 2.75) is 20.3 Å². The van der Waals surface area contributed by atoms with Gasteiger partial charge in [0, 0.05) is 45.1 Å². The molecular weight excluding hydrogens is 406 g/mol. The molecular formula is C23H29N7O2. The molecule has 3 aromatic rings. The van der Waals surface area contributed by atoms with Crippen LogP contribution in [0.5, 0.6) is 0 Å². The van der Waals surface area contributed by atoms with Gasteiger partial charge in [0.05, 0.1) is 18.3 Å². The van der Waals surface area contributed by atoms with Crippen LogP contribution in [-0.2, 0) is 18.3 Å². The van der Waals surface area contributed by atoms with Crippen LogP contribution in [0.4, 0.5) is 5.69 Å². The van der Waals surface area contributed by atoms with Crippen molar-refractivity contribution in [1.29, 1.82) is 0 Å². The standard InChI is InChI=1S/C23H29N7O2/c1-16-14-24-30(15-16)23-21(17(2)26-28(23)4)22(32)25-19-7-5-18(6-8-19)13-20(31)29-11-9-27(3)10-12-29/h5-8,14-15H,9-13H2,1-4H3,(H,25,32). The minimum atomic E-state index is -0.250. The molecule has 0 bridgehead atoms. The Morgan fingerprint density at radius 2 is 1.72 bits per heavy atom. The van der Waals surface area contributed by atoms with E-state index in [-0.39, 0.29) is 11.8 Å². The molecule has 1 aromatic carbocycles. The quantitative estimate of drug-likeness (QED) is 0.660. The number of benzene rings is 1. The minimum absolute atomic E-state index is 0.139. The summed E-state index contributed by atoms with van der Waals surface area (Å²) in [5, 5.41) is 11.7. The Bertz CT molecular complexity index is 1120. The zero-order chi connectivity index (χ0) is 22.8. The Balaban J connectivity index is 1.44. The van der Waals surface area contributed by atoms with Gasteiger partial charge in [0.2, 0.25) is 5.91 Å². The number of nitrogens with one attached hydrogen (secondary N) is 1. The number of hydrogen-bond acceptors (Lipinski definition) is 5. The number of amides is 2. The molecule has 1 fully saturated rings. The van der Waals surface area contributed by atoms with Crippen LogP contribution in [0.2, 0.25) is 0 Å². The van der Waals surface area contributed by atoms with Gasteiger partial charge in [-0.25, -0.2) is 9.36 Å². The number of likely N-dealkylation sites (N-methyl/N-ethyl adjacent to an activating group) is 1. The summed E-state index contributed by atoms with van der Waals surface area (Å²) in [6, 6.07) is 7.43. The molecule has 0 radical (unpaired) electrons. The second-order valence-electron chi connectivity index (χ2n) is 8.38. The maximum absolute atomic E-state index is 13.1. The maximum Gasteiger partial charge on any atom is 0.261 e. The van der Waals surface area contributed by atoms with Crippen LogP contribution in [0.1, 0.15) is 27.2 Å². The first kappa shape index (κ1) is 21.8. The largest absolute Gasteiger partial charge is 0.340 e. The number of aromatic nitrogens is 4. The third kappa shape index (κ3) is 4.57. The van der Waals surface area contributed by atoms with E-state index in [1.807, 2.05) is 49.2 Å². The van der Waals surface area contributed by atoms with Crippen LogP contribution in [-0.4, -0.2) is 74.4 Å². The van der Waals surface area contributed by atoms with E-state index in [0.29, 0.717) is 29.2 Å². The molecule has 1 aliphatic rings. The van der Waals surface area contributed by atoms with Gasteiger partial charge in [0.1, 0.15) is 5.56 Å². The van der Waals surface area contributed by atoms with E-state index >= 15 is 0 Å². The fourth-order valence-electron chi connectivity index (χ4n) is 3.95. The van der Waals surface area contributed by atoms with Crippen LogP contribution >= 0.6 is 0 Å². The van der Waals surface area contributed by atoms with E-state index in [0.717, 1.165) is 37.3 Å². The van der Waals surface area contributed by atoms with Crippen molar-refractivity contribution in [1.82, 2.24) is 29.4 Å². The SMILES string of the molecule is Cc1cnn(-c2c(C(=O)Nc3ccc(CC(=O)N4CCN(C)CC4)cc3)c(C)nn2C)c1. The summed E-state index contributed by atoms with van der Waals surface area (Å²) in [4.78, 5) is 29.8. The van der Waals surface area contributed by atoms with Crippen molar-refractivity contribution >= 4 is 17.5 Å². The maximum atomic E-state index is 13.1. The van der Waals surface area contributed by atoms with Gasteiger partial charge in [-0.15, -0.1) is 0 Å². The number of nitrogens with zero attached hydrogens (tertiary/aromatic N) is 6. The van der Waals surface area contributed by atoms with Gasteiger partial charge in [0.15, 0.2) is 5.82 Å². The molecule has 1 N–H and O–H groups in total. The number of rotatable bonds is 5. The summed E-state index contributed by atoms with van der Waals surface area (Å²) in [7, 11) is 3.86. The molecule has 0 atom stereocenters. The van der Waals surface area contributed by atoms with Crippen molar-refractivity contribution < 1.29 is 9.59 Å². The zero-order valence-electron chi connectivity index (χ0n) is 19.0. The first-order valence-corrected chi connectivity index (χ1v) is 10.7. The lowest BCUT2D eigenvalue weighted by Gasteiger charge is -2.32.